The minimum absolute atomic E-state index is 0. The fraction of sp³-hybridized carbons (Fsp3) is 0.727. The molecule has 108 valence electrons. The summed E-state index contributed by atoms with van der Waals surface area (Å²) in [5, 5.41) is 3.50. The first-order valence-electron chi connectivity index (χ1n) is 6.35. The van der Waals surface area contributed by atoms with Gasteiger partial charge < -0.3 is 9.88 Å². The van der Waals surface area contributed by atoms with E-state index in [1.54, 1.807) is 4.31 Å². The second-order valence-electron chi connectivity index (χ2n) is 4.91. The second kappa shape index (κ2) is 5.40. The smallest absolute Gasteiger partial charge is 0.260 e. The number of fused-ring (bicyclic) bond motifs is 1. The van der Waals surface area contributed by atoms with Crippen LogP contribution in [0.15, 0.2) is 11.2 Å². The van der Waals surface area contributed by atoms with Crippen LogP contribution in [0.4, 0.5) is 0 Å². The Hall–Kier alpha value is -0.630. The van der Waals surface area contributed by atoms with E-state index >= 15 is 0 Å². The third-order valence-corrected chi connectivity index (χ3v) is 5.71. The lowest BCUT2D eigenvalue weighted by atomic mass is 10.3. The molecule has 0 amide bonds. The Balaban J connectivity index is 0.00000133. The lowest BCUT2D eigenvalue weighted by molar-refractivity contribution is 0.456. The zero-order valence-electron chi connectivity index (χ0n) is 10.9. The molecule has 0 aliphatic carbocycles. The normalized spacial score (nSPS) is 23.3. The zero-order chi connectivity index (χ0) is 12.8. The third kappa shape index (κ3) is 2.40. The Kier molecular flexibility index (Phi) is 4.20. The number of sulfonamides is 1. The summed E-state index contributed by atoms with van der Waals surface area (Å²) in [4.78, 5) is 4.22. The van der Waals surface area contributed by atoms with E-state index in [2.05, 4.69) is 10.3 Å². The van der Waals surface area contributed by atoms with Gasteiger partial charge in [-0.3, -0.25) is 0 Å². The maximum atomic E-state index is 12.6. The summed E-state index contributed by atoms with van der Waals surface area (Å²) in [5.74, 6) is 0.901. The topological polar surface area (TPSA) is 67.2 Å². The molecule has 1 unspecified atom stereocenters. The van der Waals surface area contributed by atoms with Crippen LogP contribution in [-0.4, -0.2) is 48.5 Å². The van der Waals surface area contributed by atoms with Crippen molar-refractivity contribution in [3.8, 4) is 0 Å². The van der Waals surface area contributed by atoms with Gasteiger partial charge in [-0.25, -0.2) is 13.4 Å². The molecule has 0 spiro atoms. The van der Waals surface area contributed by atoms with E-state index < -0.39 is 10.0 Å². The standard InChI is InChI=1S/C11H18N4O2S.ClH/c1-12-9-4-6-14(8-9)18(16,17)11-7-13-10-3-2-5-15(10)11;/h7,9,12H,2-6,8H2,1H3;1H. The lowest BCUT2D eigenvalue weighted by Crippen LogP contribution is -2.34. The number of likely N-dealkylation sites (N-methyl/N-ethyl adjacent to an activating group) is 1. The highest BCUT2D eigenvalue weighted by atomic mass is 35.5. The second-order valence-corrected chi connectivity index (χ2v) is 6.79. The summed E-state index contributed by atoms with van der Waals surface area (Å²) in [6.45, 7) is 1.92. The molecule has 1 atom stereocenters. The van der Waals surface area contributed by atoms with Gasteiger partial charge in [-0.15, -0.1) is 12.4 Å². The van der Waals surface area contributed by atoms with Crippen LogP contribution in [-0.2, 0) is 23.0 Å². The van der Waals surface area contributed by atoms with Crippen LogP contribution in [0.3, 0.4) is 0 Å². The fourth-order valence-corrected chi connectivity index (χ4v) is 4.40. The van der Waals surface area contributed by atoms with Gasteiger partial charge in [-0.05, 0) is 19.9 Å². The number of nitrogens with zero attached hydrogens (tertiary/aromatic N) is 3. The van der Waals surface area contributed by atoms with E-state index in [1.165, 1.54) is 6.20 Å². The molecule has 8 heteroatoms. The minimum Gasteiger partial charge on any atom is -0.318 e. The Labute approximate surface area is 119 Å². The molecule has 0 bridgehead atoms. The molecule has 3 rings (SSSR count). The highest BCUT2D eigenvalue weighted by Crippen LogP contribution is 2.25. The van der Waals surface area contributed by atoms with Gasteiger partial charge in [0, 0.05) is 32.1 Å². The molecule has 19 heavy (non-hydrogen) atoms. The van der Waals surface area contributed by atoms with Crippen LogP contribution in [0.2, 0.25) is 0 Å². The maximum absolute atomic E-state index is 12.6. The number of hydrogen-bond acceptors (Lipinski definition) is 4. The van der Waals surface area contributed by atoms with Crippen LogP contribution < -0.4 is 5.32 Å². The van der Waals surface area contributed by atoms with Crippen molar-refractivity contribution < 1.29 is 8.42 Å². The molecule has 3 heterocycles. The van der Waals surface area contributed by atoms with Crippen molar-refractivity contribution in [2.45, 2.75) is 36.9 Å². The molecule has 1 saturated heterocycles. The number of rotatable bonds is 3. The van der Waals surface area contributed by atoms with Crippen molar-refractivity contribution in [2.24, 2.45) is 0 Å². The molecule has 6 nitrogen and oxygen atoms in total. The van der Waals surface area contributed by atoms with Crippen molar-refractivity contribution in [3.05, 3.63) is 12.0 Å². The number of hydrogen-bond donors (Lipinski definition) is 1. The van der Waals surface area contributed by atoms with Crippen molar-refractivity contribution >= 4 is 22.4 Å². The van der Waals surface area contributed by atoms with Gasteiger partial charge in [0.1, 0.15) is 5.82 Å². The molecular weight excluding hydrogens is 288 g/mol. The number of halogens is 1. The van der Waals surface area contributed by atoms with E-state index in [4.69, 9.17) is 0 Å². The number of aryl methyl sites for hydroxylation is 1. The highest BCUT2D eigenvalue weighted by molar-refractivity contribution is 7.89. The first kappa shape index (κ1) is 14.8. The first-order valence-corrected chi connectivity index (χ1v) is 7.79. The fourth-order valence-electron chi connectivity index (χ4n) is 2.75. The van der Waals surface area contributed by atoms with Crippen molar-refractivity contribution in [1.82, 2.24) is 19.2 Å². The van der Waals surface area contributed by atoms with Crippen molar-refractivity contribution in [3.63, 3.8) is 0 Å². The van der Waals surface area contributed by atoms with E-state index in [-0.39, 0.29) is 18.4 Å². The van der Waals surface area contributed by atoms with Crippen molar-refractivity contribution in [2.75, 3.05) is 20.1 Å². The molecule has 1 fully saturated rings. The highest BCUT2D eigenvalue weighted by Gasteiger charge is 2.35. The first-order chi connectivity index (χ1) is 8.63. The summed E-state index contributed by atoms with van der Waals surface area (Å²) in [6, 6.07) is 0.265. The van der Waals surface area contributed by atoms with Crippen molar-refractivity contribution in [1.29, 1.82) is 0 Å². The number of aromatic nitrogens is 2. The molecule has 1 aromatic heterocycles. The number of imidazole rings is 1. The van der Waals surface area contributed by atoms with Gasteiger partial charge >= 0.3 is 0 Å². The van der Waals surface area contributed by atoms with Crippen LogP contribution in [0, 0.1) is 0 Å². The van der Waals surface area contributed by atoms with E-state index in [0.717, 1.165) is 31.6 Å². The summed E-state index contributed by atoms with van der Waals surface area (Å²) in [6.07, 6.45) is 4.26. The van der Waals surface area contributed by atoms with Gasteiger partial charge in [0.2, 0.25) is 0 Å². The average molecular weight is 307 g/mol. The monoisotopic (exact) mass is 306 g/mol. The zero-order valence-corrected chi connectivity index (χ0v) is 12.5. The maximum Gasteiger partial charge on any atom is 0.260 e. The molecule has 0 radical (unpaired) electrons. The predicted octanol–water partition coefficient (Wildman–Crippen LogP) is 0.233. The average Bonchev–Trinajstić information content (AvgIpc) is 3.04. The molecule has 2 aliphatic rings. The molecular formula is C11H19ClN4O2S. The Morgan fingerprint density at radius 3 is 2.89 bits per heavy atom. The van der Waals surface area contributed by atoms with Gasteiger partial charge in [0.25, 0.3) is 10.0 Å². The summed E-state index contributed by atoms with van der Waals surface area (Å²) in [5.41, 5.74) is 0. The number of nitrogens with one attached hydrogen (secondary N) is 1. The van der Waals surface area contributed by atoms with E-state index in [1.807, 2.05) is 11.6 Å². The summed E-state index contributed by atoms with van der Waals surface area (Å²) >= 11 is 0. The molecule has 1 aromatic rings. The van der Waals surface area contributed by atoms with E-state index in [9.17, 15) is 8.42 Å². The van der Waals surface area contributed by atoms with Crippen LogP contribution >= 0.6 is 12.4 Å². The Morgan fingerprint density at radius 2 is 2.21 bits per heavy atom. The molecule has 0 saturated carbocycles. The summed E-state index contributed by atoms with van der Waals surface area (Å²) < 4.78 is 28.5. The van der Waals surface area contributed by atoms with Gasteiger partial charge in [0.15, 0.2) is 5.03 Å². The SMILES string of the molecule is CNC1CCN(S(=O)(=O)c2cnc3n2CCC3)C1.Cl. The van der Waals surface area contributed by atoms with E-state index in [0.29, 0.717) is 18.1 Å². The largest absolute Gasteiger partial charge is 0.318 e. The van der Waals surface area contributed by atoms with Gasteiger partial charge in [0.05, 0.1) is 6.20 Å². The molecule has 0 aromatic carbocycles. The van der Waals surface area contributed by atoms with Crippen LogP contribution in [0.25, 0.3) is 0 Å². The van der Waals surface area contributed by atoms with Gasteiger partial charge in [-0.1, -0.05) is 0 Å². The lowest BCUT2D eigenvalue weighted by Gasteiger charge is -2.16. The quantitative estimate of drug-likeness (QED) is 0.868. The van der Waals surface area contributed by atoms with Gasteiger partial charge in [-0.2, -0.15) is 4.31 Å². The Morgan fingerprint density at radius 1 is 1.42 bits per heavy atom. The predicted molar refractivity (Wildman–Crippen MR) is 74.0 cm³/mol. The van der Waals surface area contributed by atoms with Crippen LogP contribution in [0.5, 0.6) is 0 Å². The Bertz CT molecular complexity index is 557. The molecule has 2 aliphatic heterocycles. The third-order valence-electron chi connectivity index (χ3n) is 3.85. The molecule has 1 N–H and O–H groups in total. The summed E-state index contributed by atoms with van der Waals surface area (Å²) in [7, 11) is -1.50. The van der Waals surface area contributed by atoms with Crippen LogP contribution in [0.1, 0.15) is 18.7 Å². The minimum atomic E-state index is -3.37.